The van der Waals surface area contributed by atoms with Crippen LogP contribution in [-0.2, 0) is 11.3 Å². The van der Waals surface area contributed by atoms with Crippen molar-refractivity contribution in [1.29, 1.82) is 0 Å². The Bertz CT molecular complexity index is 296. The minimum atomic E-state index is -0.375. The third-order valence-corrected chi connectivity index (χ3v) is 3.36. The SMILES string of the molecule is CC.COC(=O)c1cc(Br)c(CO)s1. The van der Waals surface area contributed by atoms with Gasteiger partial charge in [-0.3, -0.25) is 0 Å². The quantitative estimate of drug-likeness (QED) is 0.848. The summed E-state index contributed by atoms with van der Waals surface area (Å²) in [6, 6.07) is 1.64. The number of halogens is 1. The number of carbonyl (C=O) groups excluding carboxylic acids is 1. The van der Waals surface area contributed by atoms with E-state index in [0.717, 1.165) is 9.35 Å². The summed E-state index contributed by atoms with van der Waals surface area (Å²) in [5.74, 6) is -0.375. The fourth-order valence-electron chi connectivity index (χ4n) is 0.716. The molecule has 0 unspecified atom stereocenters. The van der Waals surface area contributed by atoms with Crippen molar-refractivity contribution >= 4 is 33.2 Å². The number of aliphatic hydroxyl groups is 1. The first-order chi connectivity index (χ1) is 6.69. The number of hydrogen-bond donors (Lipinski definition) is 1. The summed E-state index contributed by atoms with van der Waals surface area (Å²) in [4.78, 5) is 12.2. The molecule has 14 heavy (non-hydrogen) atoms. The molecule has 1 N–H and O–H groups in total. The number of thiophene rings is 1. The van der Waals surface area contributed by atoms with Crippen LogP contribution in [0.2, 0.25) is 0 Å². The van der Waals surface area contributed by atoms with Crippen LogP contribution >= 0.6 is 27.3 Å². The number of methoxy groups -OCH3 is 1. The van der Waals surface area contributed by atoms with Gasteiger partial charge in [-0.15, -0.1) is 11.3 Å². The number of rotatable bonds is 2. The van der Waals surface area contributed by atoms with E-state index in [9.17, 15) is 4.79 Å². The molecule has 3 nitrogen and oxygen atoms in total. The molecule has 0 amide bonds. The molecule has 5 heteroatoms. The first-order valence-electron chi connectivity index (χ1n) is 4.16. The average Bonchev–Trinajstić information content (AvgIpc) is 2.61. The Hall–Kier alpha value is -0.390. The molecule has 1 rings (SSSR count). The molecule has 0 aromatic carbocycles. The van der Waals surface area contributed by atoms with Crippen LogP contribution in [0.3, 0.4) is 0 Å². The Labute approximate surface area is 95.8 Å². The molecule has 80 valence electrons. The zero-order chi connectivity index (χ0) is 11.1. The maximum Gasteiger partial charge on any atom is 0.348 e. The van der Waals surface area contributed by atoms with Crippen LogP contribution in [0, 0.1) is 0 Å². The summed E-state index contributed by atoms with van der Waals surface area (Å²) in [7, 11) is 1.33. The summed E-state index contributed by atoms with van der Waals surface area (Å²) in [5, 5.41) is 8.81. The maximum absolute atomic E-state index is 11.0. The van der Waals surface area contributed by atoms with Crippen LogP contribution in [0.5, 0.6) is 0 Å². The van der Waals surface area contributed by atoms with E-state index in [4.69, 9.17) is 5.11 Å². The van der Waals surface area contributed by atoms with E-state index in [2.05, 4.69) is 20.7 Å². The van der Waals surface area contributed by atoms with Gasteiger partial charge in [-0.25, -0.2) is 4.79 Å². The maximum atomic E-state index is 11.0. The molecule has 0 spiro atoms. The van der Waals surface area contributed by atoms with Gasteiger partial charge >= 0.3 is 5.97 Å². The lowest BCUT2D eigenvalue weighted by Crippen LogP contribution is -1.96. The normalized spacial score (nSPS) is 8.93. The van der Waals surface area contributed by atoms with Crippen LogP contribution < -0.4 is 0 Å². The second-order valence-corrected chi connectivity index (χ2v) is 4.02. The van der Waals surface area contributed by atoms with Gasteiger partial charge in [0, 0.05) is 9.35 Å². The summed E-state index contributed by atoms with van der Waals surface area (Å²) in [6.45, 7) is 3.93. The topological polar surface area (TPSA) is 46.5 Å². The lowest BCUT2D eigenvalue weighted by Gasteiger charge is -1.91. The molecule has 0 aliphatic carbocycles. The molecule has 0 aliphatic heterocycles. The summed E-state index contributed by atoms with van der Waals surface area (Å²) >= 11 is 4.44. The van der Waals surface area contributed by atoms with E-state index in [0.29, 0.717) is 4.88 Å². The fourth-order valence-corrected chi connectivity index (χ4v) is 2.29. The van der Waals surface area contributed by atoms with Gasteiger partial charge in [0.2, 0.25) is 0 Å². The van der Waals surface area contributed by atoms with Gasteiger partial charge in [0.15, 0.2) is 0 Å². The third kappa shape index (κ3) is 3.40. The molecular weight excluding hydrogens is 268 g/mol. The standard InChI is InChI=1S/C7H7BrO3S.C2H6/c1-11-7(10)5-2-4(8)6(3-9)12-5;1-2/h2,9H,3H2,1H3;1-2H3. The lowest BCUT2D eigenvalue weighted by atomic mass is 10.4. The predicted molar refractivity (Wildman–Crippen MR) is 60.6 cm³/mol. The van der Waals surface area contributed by atoms with Gasteiger partial charge in [0.25, 0.3) is 0 Å². The van der Waals surface area contributed by atoms with E-state index in [1.54, 1.807) is 6.07 Å². The largest absolute Gasteiger partial charge is 0.465 e. The Kier molecular flexibility index (Phi) is 6.78. The van der Waals surface area contributed by atoms with Crippen molar-refractivity contribution < 1.29 is 14.6 Å². The Morgan fingerprint density at radius 2 is 2.21 bits per heavy atom. The van der Waals surface area contributed by atoms with Crippen molar-refractivity contribution in [3.05, 3.63) is 20.3 Å². The molecule has 1 aromatic rings. The van der Waals surface area contributed by atoms with E-state index in [1.807, 2.05) is 13.8 Å². The fraction of sp³-hybridized carbons (Fsp3) is 0.444. The van der Waals surface area contributed by atoms with Crippen LogP contribution in [-0.4, -0.2) is 18.2 Å². The number of aliphatic hydroxyl groups excluding tert-OH is 1. The van der Waals surface area contributed by atoms with Crippen molar-refractivity contribution in [2.75, 3.05) is 7.11 Å². The lowest BCUT2D eigenvalue weighted by molar-refractivity contribution is 0.0606. The van der Waals surface area contributed by atoms with Crippen LogP contribution in [0.4, 0.5) is 0 Å². The molecule has 0 radical (unpaired) electrons. The molecule has 0 atom stereocenters. The predicted octanol–water partition coefficient (Wildman–Crippen LogP) is 2.82. The molecule has 0 saturated heterocycles. The summed E-state index contributed by atoms with van der Waals surface area (Å²) in [6.07, 6.45) is 0. The highest BCUT2D eigenvalue weighted by atomic mass is 79.9. The summed E-state index contributed by atoms with van der Waals surface area (Å²) < 4.78 is 5.26. The van der Waals surface area contributed by atoms with Crippen molar-refractivity contribution in [1.82, 2.24) is 0 Å². The third-order valence-electron chi connectivity index (χ3n) is 1.29. The average molecular weight is 281 g/mol. The number of hydrogen-bond acceptors (Lipinski definition) is 4. The second kappa shape index (κ2) is 6.98. The van der Waals surface area contributed by atoms with Crippen LogP contribution in [0.1, 0.15) is 28.4 Å². The van der Waals surface area contributed by atoms with Crippen LogP contribution in [0.25, 0.3) is 0 Å². The van der Waals surface area contributed by atoms with Gasteiger partial charge in [0.05, 0.1) is 13.7 Å². The molecule has 1 aromatic heterocycles. The Balaban J connectivity index is 0.000000791. The minimum absolute atomic E-state index is 0.0672. The van der Waals surface area contributed by atoms with E-state index in [1.165, 1.54) is 18.4 Å². The highest BCUT2D eigenvalue weighted by Gasteiger charge is 2.12. The van der Waals surface area contributed by atoms with Gasteiger partial charge < -0.3 is 9.84 Å². The highest BCUT2D eigenvalue weighted by Crippen LogP contribution is 2.27. The van der Waals surface area contributed by atoms with Crippen molar-refractivity contribution in [3.8, 4) is 0 Å². The molecule has 0 saturated carbocycles. The Morgan fingerprint density at radius 1 is 1.64 bits per heavy atom. The van der Waals surface area contributed by atoms with E-state index in [-0.39, 0.29) is 12.6 Å². The first-order valence-corrected chi connectivity index (χ1v) is 5.77. The Morgan fingerprint density at radius 3 is 2.57 bits per heavy atom. The first kappa shape index (κ1) is 13.6. The second-order valence-electron chi connectivity index (χ2n) is 2.03. The minimum Gasteiger partial charge on any atom is -0.465 e. The molecule has 1 heterocycles. The zero-order valence-electron chi connectivity index (χ0n) is 8.33. The molecule has 0 bridgehead atoms. The van der Waals surface area contributed by atoms with E-state index >= 15 is 0 Å². The molecule has 0 fully saturated rings. The van der Waals surface area contributed by atoms with Gasteiger partial charge in [-0.05, 0) is 22.0 Å². The number of esters is 1. The van der Waals surface area contributed by atoms with Gasteiger partial charge in [-0.2, -0.15) is 0 Å². The van der Waals surface area contributed by atoms with E-state index < -0.39 is 0 Å². The number of ether oxygens (including phenoxy) is 1. The van der Waals surface area contributed by atoms with Gasteiger partial charge in [-0.1, -0.05) is 13.8 Å². The molecular formula is C9H13BrO3S. The van der Waals surface area contributed by atoms with Gasteiger partial charge in [0.1, 0.15) is 4.88 Å². The van der Waals surface area contributed by atoms with Crippen molar-refractivity contribution in [3.63, 3.8) is 0 Å². The zero-order valence-corrected chi connectivity index (χ0v) is 10.7. The van der Waals surface area contributed by atoms with Crippen LogP contribution in [0.15, 0.2) is 10.5 Å². The smallest absolute Gasteiger partial charge is 0.348 e. The summed E-state index contributed by atoms with van der Waals surface area (Å²) in [5.41, 5.74) is 0. The van der Waals surface area contributed by atoms with Crippen molar-refractivity contribution in [2.45, 2.75) is 20.5 Å². The number of carbonyl (C=O) groups is 1. The van der Waals surface area contributed by atoms with Crippen molar-refractivity contribution in [2.24, 2.45) is 0 Å². The monoisotopic (exact) mass is 280 g/mol. The highest BCUT2D eigenvalue weighted by molar-refractivity contribution is 9.10. The molecule has 0 aliphatic rings.